The average molecular weight is 292 g/mol. The zero-order valence-corrected chi connectivity index (χ0v) is 12.5. The number of benzene rings is 1. The molecule has 1 aromatic carbocycles. The second-order valence-corrected chi connectivity index (χ2v) is 5.49. The number of methoxy groups -OCH3 is 1. The Hall–Kier alpha value is -1.59. The molecule has 1 aromatic rings. The van der Waals surface area contributed by atoms with Gasteiger partial charge in [-0.3, -0.25) is 4.79 Å². The van der Waals surface area contributed by atoms with Gasteiger partial charge in [0.05, 0.1) is 13.2 Å². The molecule has 2 atom stereocenters. The van der Waals surface area contributed by atoms with E-state index >= 15 is 0 Å². The van der Waals surface area contributed by atoms with Crippen molar-refractivity contribution in [3.63, 3.8) is 0 Å². The number of hydrogen-bond donors (Lipinski definition) is 3. The lowest BCUT2D eigenvalue weighted by atomic mass is 10.0. The fourth-order valence-corrected chi connectivity index (χ4v) is 2.54. The van der Waals surface area contributed by atoms with Gasteiger partial charge in [-0.05, 0) is 49.5 Å². The van der Waals surface area contributed by atoms with Gasteiger partial charge < -0.3 is 20.5 Å². The van der Waals surface area contributed by atoms with Crippen LogP contribution < -0.4 is 15.4 Å². The van der Waals surface area contributed by atoms with Crippen LogP contribution >= 0.6 is 0 Å². The van der Waals surface area contributed by atoms with Gasteiger partial charge >= 0.3 is 0 Å². The Bertz CT molecular complexity index is 441. The maximum atomic E-state index is 11.8. The second-order valence-electron chi connectivity index (χ2n) is 5.49. The number of hydrogen-bond acceptors (Lipinski definition) is 4. The molecule has 1 aliphatic heterocycles. The minimum Gasteiger partial charge on any atom is -0.497 e. The van der Waals surface area contributed by atoms with Crippen molar-refractivity contribution in [2.45, 2.75) is 25.4 Å². The van der Waals surface area contributed by atoms with Gasteiger partial charge in [-0.1, -0.05) is 12.1 Å². The van der Waals surface area contributed by atoms with E-state index in [1.165, 1.54) is 0 Å². The molecule has 1 saturated heterocycles. The molecule has 21 heavy (non-hydrogen) atoms. The summed E-state index contributed by atoms with van der Waals surface area (Å²) in [6.07, 6.45) is 1.91. The number of carbonyl (C=O) groups excluding carboxylic acids is 1. The lowest BCUT2D eigenvalue weighted by Crippen LogP contribution is -2.28. The molecule has 2 rings (SSSR count). The molecular weight excluding hydrogens is 268 g/mol. The fourth-order valence-electron chi connectivity index (χ4n) is 2.54. The van der Waals surface area contributed by atoms with Crippen molar-refractivity contribution in [1.29, 1.82) is 0 Å². The zero-order chi connectivity index (χ0) is 15.1. The first-order valence-electron chi connectivity index (χ1n) is 7.48. The van der Waals surface area contributed by atoms with Crippen molar-refractivity contribution in [1.82, 2.24) is 10.6 Å². The van der Waals surface area contributed by atoms with E-state index in [9.17, 15) is 9.90 Å². The van der Waals surface area contributed by atoms with Gasteiger partial charge in [0.2, 0.25) is 5.91 Å². The molecule has 5 nitrogen and oxygen atoms in total. The van der Waals surface area contributed by atoms with Crippen LogP contribution in [0.1, 0.15) is 30.9 Å². The topological polar surface area (TPSA) is 70.6 Å². The third kappa shape index (κ3) is 5.02. The zero-order valence-electron chi connectivity index (χ0n) is 12.5. The first kappa shape index (κ1) is 15.8. The van der Waals surface area contributed by atoms with E-state index in [2.05, 4.69) is 10.6 Å². The number of aliphatic hydroxyl groups is 1. The van der Waals surface area contributed by atoms with Crippen molar-refractivity contribution in [3.8, 4) is 5.75 Å². The smallest absolute Gasteiger partial charge is 0.220 e. The Morgan fingerprint density at radius 1 is 1.48 bits per heavy atom. The van der Waals surface area contributed by atoms with Crippen LogP contribution in [0.5, 0.6) is 5.75 Å². The molecule has 1 amide bonds. The Morgan fingerprint density at radius 3 is 2.86 bits per heavy atom. The number of aliphatic hydroxyl groups excluding tert-OH is 1. The van der Waals surface area contributed by atoms with E-state index in [0.717, 1.165) is 37.2 Å². The van der Waals surface area contributed by atoms with E-state index in [0.29, 0.717) is 12.3 Å². The maximum absolute atomic E-state index is 11.8. The van der Waals surface area contributed by atoms with Crippen molar-refractivity contribution in [2.24, 2.45) is 5.92 Å². The van der Waals surface area contributed by atoms with E-state index in [-0.39, 0.29) is 12.5 Å². The molecule has 0 spiro atoms. The minimum absolute atomic E-state index is 0.00876. The highest BCUT2D eigenvalue weighted by molar-refractivity contribution is 5.75. The largest absolute Gasteiger partial charge is 0.497 e. The lowest BCUT2D eigenvalue weighted by molar-refractivity contribution is -0.121. The van der Waals surface area contributed by atoms with Crippen molar-refractivity contribution >= 4 is 5.91 Å². The van der Waals surface area contributed by atoms with Gasteiger partial charge in [0.25, 0.3) is 0 Å². The third-order valence-corrected chi connectivity index (χ3v) is 3.94. The predicted molar refractivity (Wildman–Crippen MR) is 81.2 cm³/mol. The van der Waals surface area contributed by atoms with E-state index < -0.39 is 6.10 Å². The normalized spacial score (nSPS) is 19.2. The van der Waals surface area contributed by atoms with Crippen LogP contribution in [0.4, 0.5) is 0 Å². The van der Waals surface area contributed by atoms with E-state index in [1.807, 2.05) is 0 Å². The highest BCUT2D eigenvalue weighted by Crippen LogP contribution is 2.17. The summed E-state index contributed by atoms with van der Waals surface area (Å²) in [4.78, 5) is 11.8. The van der Waals surface area contributed by atoms with E-state index in [4.69, 9.17) is 4.74 Å². The first-order valence-corrected chi connectivity index (χ1v) is 7.48. The molecule has 0 aliphatic carbocycles. The molecule has 1 aliphatic rings. The van der Waals surface area contributed by atoms with Crippen LogP contribution in [0.15, 0.2) is 24.3 Å². The van der Waals surface area contributed by atoms with Crippen molar-refractivity contribution < 1.29 is 14.6 Å². The Kier molecular flexibility index (Phi) is 6.02. The van der Waals surface area contributed by atoms with E-state index in [1.54, 1.807) is 31.4 Å². The average Bonchev–Trinajstić information content (AvgIpc) is 3.04. The molecule has 1 fully saturated rings. The molecule has 0 radical (unpaired) electrons. The lowest BCUT2D eigenvalue weighted by Gasteiger charge is -2.13. The Morgan fingerprint density at radius 2 is 2.24 bits per heavy atom. The minimum atomic E-state index is -0.687. The molecule has 1 heterocycles. The van der Waals surface area contributed by atoms with Gasteiger partial charge in [-0.15, -0.1) is 0 Å². The molecule has 0 aromatic heterocycles. The SMILES string of the molecule is COc1ccc(C(O)CNC(=O)CCC2CCNC2)cc1. The number of rotatable bonds is 7. The van der Waals surface area contributed by atoms with Gasteiger partial charge in [-0.25, -0.2) is 0 Å². The fraction of sp³-hybridized carbons (Fsp3) is 0.562. The molecule has 2 unspecified atom stereocenters. The second kappa shape index (κ2) is 8.00. The summed E-state index contributed by atoms with van der Waals surface area (Å²) >= 11 is 0. The number of carbonyl (C=O) groups is 1. The Balaban J connectivity index is 1.69. The molecule has 0 saturated carbocycles. The summed E-state index contributed by atoms with van der Waals surface area (Å²) in [5.74, 6) is 1.37. The summed E-state index contributed by atoms with van der Waals surface area (Å²) in [5, 5.41) is 16.1. The number of nitrogens with one attached hydrogen (secondary N) is 2. The van der Waals surface area contributed by atoms with Crippen LogP contribution in [-0.4, -0.2) is 37.8 Å². The van der Waals surface area contributed by atoms with Crippen LogP contribution in [0.3, 0.4) is 0 Å². The third-order valence-electron chi connectivity index (χ3n) is 3.94. The summed E-state index contributed by atoms with van der Waals surface area (Å²) in [6.45, 7) is 2.32. The summed E-state index contributed by atoms with van der Waals surface area (Å²) in [7, 11) is 1.60. The summed E-state index contributed by atoms with van der Waals surface area (Å²) in [5.41, 5.74) is 0.774. The predicted octanol–water partition coefficient (Wildman–Crippen LogP) is 1.23. The molecule has 5 heteroatoms. The van der Waals surface area contributed by atoms with Crippen molar-refractivity contribution in [2.75, 3.05) is 26.7 Å². The highest BCUT2D eigenvalue weighted by atomic mass is 16.5. The summed E-state index contributed by atoms with van der Waals surface area (Å²) < 4.78 is 5.07. The number of ether oxygens (including phenoxy) is 1. The van der Waals surface area contributed by atoms with Crippen LogP contribution in [-0.2, 0) is 4.79 Å². The Labute approximate surface area is 125 Å². The van der Waals surface area contributed by atoms with Gasteiger partial charge in [0, 0.05) is 13.0 Å². The number of amides is 1. The molecule has 0 bridgehead atoms. The van der Waals surface area contributed by atoms with Gasteiger partial charge in [0.15, 0.2) is 0 Å². The highest BCUT2D eigenvalue weighted by Gasteiger charge is 2.16. The molecular formula is C16H24N2O3. The van der Waals surface area contributed by atoms with Gasteiger partial charge in [-0.2, -0.15) is 0 Å². The molecule has 116 valence electrons. The quantitative estimate of drug-likeness (QED) is 0.707. The first-order chi connectivity index (χ1) is 10.2. The van der Waals surface area contributed by atoms with Crippen LogP contribution in [0.25, 0.3) is 0 Å². The maximum Gasteiger partial charge on any atom is 0.220 e. The monoisotopic (exact) mass is 292 g/mol. The molecule has 3 N–H and O–H groups in total. The standard InChI is InChI=1S/C16H24N2O3/c1-21-14-5-3-13(4-6-14)15(19)11-18-16(20)7-2-12-8-9-17-10-12/h3-6,12,15,17,19H,2,7-11H2,1H3,(H,18,20). The van der Waals surface area contributed by atoms with Gasteiger partial charge in [0.1, 0.15) is 5.75 Å². The summed E-state index contributed by atoms with van der Waals surface area (Å²) in [6, 6.07) is 7.21. The van der Waals surface area contributed by atoms with Crippen LogP contribution in [0, 0.1) is 5.92 Å². The van der Waals surface area contributed by atoms with Crippen LogP contribution in [0.2, 0.25) is 0 Å². The van der Waals surface area contributed by atoms with Crippen molar-refractivity contribution in [3.05, 3.63) is 29.8 Å².